The third-order valence-electron chi connectivity index (χ3n) is 6.04. The molecule has 2 heterocycles. The van der Waals surface area contributed by atoms with Crippen molar-refractivity contribution in [2.24, 2.45) is 11.8 Å². The van der Waals surface area contributed by atoms with E-state index < -0.39 is 0 Å². The van der Waals surface area contributed by atoms with Crippen LogP contribution >= 0.6 is 23.2 Å². The van der Waals surface area contributed by atoms with E-state index in [9.17, 15) is 0 Å². The Labute approximate surface area is 163 Å². The first kappa shape index (κ1) is 17.1. The minimum Gasteiger partial charge on any atom is -0.373 e. The highest BCUT2D eigenvalue weighted by molar-refractivity contribution is 6.39. The molecule has 6 heteroatoms. The Hall–Kier alpha value is -1.07. The second-order valence-corrected chi connectivity index (χ2v) is 8.64. The van der Waals surface area contributed by atoms with Crippen molar-refractivity contribution < 1.29 is 9.26 Å². The van der Waals surface area contributed by atoms with Crippen molar-refractivity contribution in [3.8, 4) is 11.3 Å². The van der Waals surface area contributed by atoms with Crippen LogP contribution < -0.4 is 5.32 Å². The van der Waals surface area contributed by atoms with Crippen LogP contribution in [0.5, 0.6) is 0 Å². The molecule has 4 nitrogen and oxygen atoms in total. The van der Waals surface area contributed by atoms with Crippen molar-refractivity contribution >= 4 is 23.2 Å². The summed E-state index contributed by atoms with van der Waals surface area (Å²) in [4.78, 5) is 0. The second kappa shape index (κ2) is 6.83. The molecule has 1 aliphatic heterocycles. The molecule has 2 aliphatic carbocycles. The summed E-state index contributed by atoms with van der Waals surface area (Å²) in [7, 11) is 0. The molecule has 0 spiro atoms. The largest absolute Gasteiger partial charge is 0.373 e. The van der Waals surface area contributed by atoms with E-state index in [1.165, 1.54) is 0 Å². The van der Waals surface area contributed by atoms with Crippen LogP contribution in [0.25, 0.3) is 11.3 Å². The van der Waals surface area contributed by atoms with Crippen molar-refractivity contribution in [1.29, 1.82) is 0 Å². The molecule has 0 radical (unpaired) electrons. The van der Waals surface area contributed by atoms with Crippen LogP contribution in [0.4, 0.5) is 0 Å². The van der Waals surface area contributed by atoms with Gasteiger partial charge in [-0.25, -0.2) is 0 Å². The first-order chi connectivity index (χ1) is 12.7. The zero-order valence-corrected chi connectivity index (χ0v) is 16.0. The van der Waals surface area contributed by atoms with Gasteiger partial charge in [-0.2, -0.15) is 0 Å². The van der Waals surface area contributed by atoms with Crippen LogP contribution in [-0.4, -0.2) is 24.4 Å². The number of aromatic nitrogens is 1. The Morgan fingerprint density at radius 3 is 2.46 bits per heavy atom. The van der Waals surface area contributed by atoms with Crippen LogP contribution in [0.1, 0.15) is 42.9 Å². The van der Waals surface area contributed by atoms with Gasteiger partial charge in [-0.05, 0) is 62.7 Å². The van der Waals surface area contributed by atoms with E-state index in [1.54, 1.807) is 0 Å². The van der Waals surface area contributed by atoms with E-state index in [4.69, 9.17) is 32.5 Å². The predicted octanol–water partition coefficient (Wildman–Crippen LogP) is 5.04. The second-order valence-electron chi connectivity index (χ2n) is 7.83. The lowest BCUT2D eigenvalue weighted by atomic mass is 10.0. The molecule has 26 heavy (non-hydrogen) atoms. The molecule has 5 rings (SSSR count). The number of halogens is 2. The summed E-state index contributed by atoms with van der Waals surface area (Å²) in [6.45, 7) is 2.78. The number of rotatable bonds is 5. The van der Waals surface area contributed by atoms with E-state index in [1.807, 2.05) is 18.2 Å². The van der Waals surface area contributed by atoms with Crippen LogP contribution in [-0.2, 0) is 11.3 Å². The van der Waals surface area contributed by atoms with Crippen molar-refractivity contribution in [3.05, 3.63) is 39.6 Å². The average molecular weight is 393 g/mol. The number of ether oxygens (including phenoxy) is 1. The molecule has 1 saturated heterocycles. The van der Waals surface area contributed by atoms with Crippen LogP contribution in [0.2, 0.25) is 10.0 Å². The third kappa shape index (κ3) is 3.07. The maximum absolute atomic E-state index is 6.42. The van der Waals surface area contributed by atoms with Crippen LogP contribution in [0.15, 0.2) is 22.7 Å². The van der Waals surface area contributed by atoms with Crippen LogP contribution in [0, 0.1) is 11.8 Å². The minimum absolute atomic E-state index is 0.323. The molecular formula is C20H22Cl2N2O2. The Morgan fingerprint density at radius 1 is 1.12 bits per heavy atom. The summed E-state index contributed by atoms with van der Waals surface area (Å²) in [6, 6.07) is 5.52. The summed E-state index contributed by atoms with van der Waals surface area (Å²) in [5.41, 5.74) is 2.51. The SMILES string of the molecule is Clc1cccc(Cl)c1-c1noc(C2CC2)c1CO[C@@H]1C[C@H]2CNC[C@H]2C1. The van der Waals surface area contributed by atoms with Gasteiger partial charge in [0, 0.05) is 17.0 Å². The van der Waals surface area contributed by atoms with Crippen molar-refractivity contribution in [2.45, 2.75) is 44.3 Å². The molecule has 1 aromatic carbocycles. The first-order valence-corrected chi connectivity index (χ1v) is 10.2. The van der Waals surface area contributed by atoms with Crippen molar-refractivity contribution in [2.75, 3.05) is 13.1 Å². The number of nitrogens with zero attached hydrogens (tertiary/aromatic N) is 1. The van der Waals surface area contributed by atoms with E-state index in [0.717, 1.165) is 73.2 Å². The molecule has 2 aromatic rings. The molecular weight excluding hydrogens is 371 g/mol. The molecule has 2 saturated carbocycles. The zero-order chi connectivity index (χ0) is 17.7. The van der Waals surface area contributed by atoms with Crippen molar-refractivity contribution in [1.82, 2.24) is 10.5 Å². The predicted molar refractivity (Wildman–Crippen MR) is 102 cm³/mol. The van der Waals surface area contributed by atoms with Gasteiger partial charge < -0.3 is 14.6 Å². The van der Waals surface area contributed by atoms with Gasteiger partial charge >= 0.3 is 0 Å². The van der Waals surface area contributed by atoms with Gasteiger partial charge in [-0.1, -0.05) is 34.4 Å². The monoisotopic (exact) mass is 392 g/mol. The minimum atomic E-state index is 0.323. The lowest BCUT2D eigenvalue weighted by Crippen LogP contribution is -2.16. The number of nitrogens with one attached hydrogen (secondary N) is 1. The summed E-state index contributed by atoms with van der Waals surface area (Å²) in [5.74, 6) is 2.95. The highest BCUT2D eigenvalue weighted by Crippen LogP contribution is 2.46. The highest BCUT2D eigenvalue weighted by atomic mass is 35.5. The van der Waals surface area contributed by atoms with Gasteiger partial charge in [0.2, 0.25) is 0 Å². The summed E-state index contributed by atoms with van der Waals surface area (Å²) in [6.07, 6.45) is 4.91. The lowest BCUT2D eigenvalue weighted by Gasteiger charge is -2.14. The van der Waals surface area contributed by atoms with Gasteiger partial charge in [0.05, 0.1) is 22.8 Å². The maximum Gasteiger partial charge on any atom is 0.145 e. The molecule has 0 unspecified atom stereocenters. The Kier molecular flexibility index (Phi) is 4.48. The van der Waals surface area contributed by atoms with Gasteiger partial charge in [0.15, 0.2) is 0 Å². The zero-order valence-electron chi connectivity index (χ0n) is 14.5. The lowest BCUT2D eigenvalue weighted by molar-refractivity contribution is 0.0398. The maximum atomic E-state index is 6.42. The highest BCUT2D eigenvalue weighted by Gasteiger charge is 2.39. The van der Waals surface area contributed by atoms with Gasteiger partial charge in [-0.3, -0.25) is 0 Å². The fourth-order valence-electron chi connectivity index (χ4n) is 4.50. The standard InChI is InChI=1S/C20H22Cl2N2O2/c21-16-2-1-3-17(22)18(16)19-15(20(26-24-19)11-4-5-11)10-25-14-6-12-8-23-9-13(12)7-14/h1-3,11-14,23H,4-10H2/t12-,13+,14+. The average Bonchev–Trinajstić information content (AvgIpc) is 3.04. The van der Waals surface area contributed by atoms with E-state index in [0.29, 0.717) is 28.7 Å². The number of hydrogen-bond donors (Lipinski definition) is 1. The molecule has 1 N–H and O–H groups in total. The van der Waals surface area contributed by atoms with E-state index in [2.05, 4.69) is 10.5 Å². The third-order valence-corrected chi connectivity index (χ3v) is 6.67. The molecule has 0 amide bonds. The van der Waals surface area contributed by atoms with Crippen molar-refractivity contribution in [3.63, 3.8) is 0 Å². The molecule has 138 valence electrons. The molecule has 3 atom stereocenters. The topological polar surface area (TPSA) is 47.3 Å². The van der Waals surface area contributed by atoms with Crippen LogP contribution in [0.3, 0.4) is 0 Å². The first-order valence-electron chi connectivity index (χ1n) is 9.46. The van der Waals surface area contributed by atoms with Gasteiger partial charge in [0.25, 0.3) is 0 Å². The fraction of sp³-hybridized carbons (Fsp3) is 0.550. The number of benzene rings is 1. The number of fused-ring (bicyclic) bond motifs is 1. The quantitative estimate of drug-likeness (QED) is 0.773. The summed E-state index contributed by atoms with van der Waals surface area (Å²) < 4.78 is 12.0. The smallest absolute Gasteiger partial charge is 0.145 e. The molecule has 3 fully saturated rings. The molecule has 1 aromatic heterocycles. The van der Waals surface area contributed by atoms with Gasteiger partial charge in [0.1, 0.15) is 11.5 Å². The summed E-state index contributed by atoms with van der Waals surface area (Å²) in [5, 5.41) is 9.00. The Bertz CT molecular complexity index is 786. The fourth-order valence-corrected chi connectivity index (χ4v) is 5.07. The van der Waals surface area contributed by atoms with E-state index >= 15 is 0 Å². The molecule has 3 aliphatic rings. The number of hydrogen-bond acceptors (Lipinski definition) is 4. The van der Waals surface area contributed by atoms with Gasteiger partial charge in [-0.15, -0.1) is 0 Å². The Balaban J connectivity index is 1.41. The normalized spacial score (nSPS) is 27.8. The molecule has 0 bridgehead atoms. The summed E-state index contributed by atoms with van der Waals surface area (Å²) >= 11 is 12.8. The van der Waals surface area contributed by atoms with E-state index in [-0.39, 0.29) is 0 Å². The Morgan fingerprint density at radius 2 is 1.81 bits per heavy atom.